The van der Waals surface area contributed by atoms with Crippen LogP contribution in [0.4, 0.5) is 4.79 Å². The fraction of sp³-hybridized carbons (Fsp3) is 0.556. The van der Waals surface area contributed by atoms with Crippen LogP contribution in [0.5, 0.6) is 5.88 Å². The fourth-order valence-electron chi connectivity index (χ4n) is 8.45. The number of imidazole rings is 1. The number of rotatable bonds is 8. The Bertz CT molecular complexity index is 1900. The standard InChI is InChI=1S/C36H44N8O3/c1-20(38-36(46)41-13-3-4-14-41)27-11-9-23-15-29(42(34(23)39-27)19-21-5-6-21)32-33(22-7-8-22)44-30(40-32)16-24(17-31(44)47-2)35(45)43-25-10-12-28(43)26(37)18-25/h9,11,15-17,20-22,25-26,28H,3-8,10,12-14,18-19,37H2,1-2H3,(H,38,46)/t20-,25+,26-,28-/m1/s1. The van der Waals surface area contributed by atoms with E-state index in [1.165, 1.54) is 12.8 Å². The van der Waals surface area contributed by atoms with E-state index in [1.807, 2.05) is 34.9 Å². The Kier molecular flexibility index (Phi) is 6.78. The number of likely N-dealkylation sites (tertiary alicyclic amines) is 1. The summed E-state index contributed by atoms with van der Waals surface area (Å²) in [5.74, 6) is 1.65. The van der Waals surface area contributed by atoms with Crippen LogP contribution in [0.1, 0.15) is 98.4 Å². The number of pyridine rings is 2. The molecule has 11 nitrogen and oxygen atoms in total. The molecule has 0 spiro atoms. The molecule has 4 aromatic rings. The fourth-order valence-corrected chi connectivity index (χ4v) is 8.45. The van der Waals surface area contributed by atoms with E-state index in [9.17, 15) is 9.59 Å². The van der Waals surface area contributed by atoms with Gasteiger partial charge in [-0.05, 0) is 94.9 Å². The maximum absolute atomic E-state index is 13.9. The first-order valence-electron chi connectivity index (χ1n) is 17.6. The Morgan fingerprint density at radius 3 is 2.53 bits per heavy atom. The van der Waals surface area contributed by atoms with Crippen LogP contribution in [0.3, 0.4) is 0 Å². The van der Waals surface area contributed by atoms with Gasteiger partial charge in [-0.1, -0.05) is 0 Å². The SMILES string of the molecule is COc1cc(C(=O)N2[C@H]3CC[C@@H]2[C@H](N)C3)cc2nc(-c3cc4ccc([C@@H](C)NC(=O)N5CCCC5)nc4n3CC3CC3)c(C3CC3)n12. The Hall–Kier alpha value is -4.12. The number of carbonyl (C=O) groups is 2. The largest absolute Gasteiger partial charge is 0.482 e. The van der Waals surface area contributed by atoms with Gasteiger partial charge in [0.25, 0.3) is 5.91 Å². The molecule has 246 valence electrons. The van der Waals surface area contributed by atoms with Crippen LogP contribution in [0.15, 0.2) is 30.3 Å². The lowest BCUT2D eigenvalue weighted by molar-refractivity contribution is 0.0726. The molecule has 5 fully saturated rings. The van der Waals surface area contributed by atoms with Crippen molar-refractivity contribution in [3.63, 3.8) is 0 Å². The summed E-state index contributed by atoms with van der Waals surface area (Å²) in [5, 5.41) is 4.23. The van der Waals surface area contributed by atoms with Crippen molar-refractivity contribution in [2.75, 3.05) is 20.2 Å². The number of aromatic nitrogens is 4. The lowest BCUT2D eigenvalue weighted by atomic mass is 9.97. The van der Waals surface area contributed by atoms with E-state index < -0.39 is 0 Å². The third-order valence-corrected chi connectivity index (χ3v) is 11.3. The molecule has 3 N–H and O–H groups in total. The van der Waals surface area contributed by atoms with Crippen molar-refractivity contribution in [2.45, 2.75) is 101 Å². The minimum absolute atomic E-state index is 0.0169. The summed E-state index contributed by atoms with van der Waals surface area (Å²) in [6, 6.07) is 10.4. The molecule has 3 aliphatic heterocycles. The third-order valence-electron chi connectivity index (χ3n) is 11.3. The number of nitrogens with one attached hydrogen (secondary N) is 1. The van der Waals surface area contributed by atoms with E-state index in [-0.39, 0.29) is 36.1 Å². The van der Waals surface area contributed by atoms with E-state index in [4.69, 9.17) is 20.4 Å². The summed E-state index contributed by atoms with van der Waals surface area (Å²) in [6.45, 7) is 4.52. The molecule has 47 heavy (non-hydrogen) atoms. The van der Waals surface area contributed by atoms with Gasteiger partial charge >= 0.3 is 6.03 Å². The summed E-state index contributed by atoms with van der Waals surface area (Å²) in [4.78, 5) is 41.2. The number of hydrogen-bond donors (Lipinski definition) is 2. The van der Waals surface area contributed by atoms with Gasteiger partial charge < -0.3 is 30.2 Å². The molecule has 9 rings (SSSR count). The minimum Gasteiger partial charge on any atom is -0.482 e. The topological polar surface area (TPSA) is 123 Å². The van der Waals surface area contributed by atoms with Crippen molar-refractivity contribution in [1.29, 1.82) is 0 Å². The highest BCUT2D eigenvalue weighted by molar-refractivity contribution is 5.97. The molecule has 4 aromatic heterocycles. The van der Waals surface area contributed by atoms with Gasteiger partial charge in [0.1, 0.15) is 17.0 Å². The molecule has 0 aromatic carbocycles. The predicted molar refractivity (Wildman–Crippen MR) is 178 cm³/mol. The molecule has 11 heteroatoms. The molecular formula is C36H44N8O3. The number of ether oxygens (including phenoxy) is 1. The van der Waals surface area contributed by atoms with Crippen molar-refractivity contribution >= 4 is 28.6 Å². The second kappa shape index (κ2) is 11.0. The summed E-state index contributed by atoms with van der Waals surface area (Å²) in [6.07, 6.45) is 9.61. The van der Waals surface area contributed by atoms with E-state index >= 15 is 0 Å². The zero-order chi connectivity index (χ0) is 32.0. The average molecular weight is 637 g/mol. The molecule has 0 unspecified atom stereocenters. The summed E-state index contributed by atoms with van der Waals surface area (Å²) >= 11 is 0. The summed E-state index contributed by atoms with van der Waals surface area (Å²) < 4.78 is 10.5. The van der Waals surface area contributed by atoms with Gasteiger partial charge in [-0.2, -0.15) is 0 Å². The van der Waals surface area contributed by atoms with Crippen molar-refractivity contribution in [2.24, 2.45) is 11.7 Å². The first-order chi connectivity index (χ1) is 22.9. The second-order valence-electron chi connectivity index (χ2n) is 14.6. The molecular weight excluding hydrogens is 592 g/mol. The van der Waals surface area contributed by atoms with Crippen LogP contribution in [0, 0.1) is 5.92 Å². The molecule has 0 radical (unpaired) electrons. The van der Waals surface area contributed by atoms with Crippen LogP contribution < -0.4 is 15.8 Å². The maximum atomic E-state index is 13.9. The van der Waals surface area contributed by atoms with Gasteiger partial charge in [-0.25, -0.2) is 14.8 Å². The zero-order valence-corrected chi connectivity index (χ0v) is 27.3. The smallest absolute Gasteiger partial charge is 0.317 e. The third kappa shape index (κ3) is 4.88. The lowest BCUT2D eigenvalue weighted by Crippen LogP contribution is -2.40. The average Bonchev–Trinajstić information content (AvgIpc) is 3.81. The van der Waals surface area contributed by atoms with Crippen molar-refractivity contribution in [3.05, 3.63) is 47.3 Å². The second-order valence-corrected chi connectivity index (χ2v) is 14.6. The van der Waals surface area contributed by atoms with Gasteiger partial charge in [0.05, 0.1) is 30.2 Å². The van der Waals surface area contributed by atoms with Crippen molar-refractivity contribution < 1.29 is 14.3 Å². The lowest BCUT2D eigenvalue weighted by Gasteiger charge is -2.23. The number of hydrogen-bond acceptors (Lipinski definition) is 6. The highest BCUT2D eigenvalue weighted by Crippen LogP contribution is 2.47. The Balaban J connectivity index is 1.13. The van der Waals surface area contributed by atoms with E-state index in [2.05, 4.69) is 26.4 Å². The van der Waals surface area contributed by atoms with Crippen molar-refractivity contribution in [1.82, 2.24) is 34.1 Å². The first-order valence-corrected chi connectivity index (χ1v) is 17.6. The van der Waals surface area contributed by atoms with Gasteiger partial charge in [0, 0.05) is 60.7 Å². The normalized spacial score (nSPS) is 24.5. The van der Waals surface area contributed by atoms with Gasteiger partial charge in [-0.3, -0.25) is 9.20 Å². The van der Waals surface area contributed by atoms with E-state index in [0.717, 1.165) is 104 Å². The summed E-state index contributed by atoms with van der Waals surface area (Å²) in [7, 11) is 1.67. The van der Waals surface area contributed by atoms with Crippen molar-refractivity contribution in [3.8, 4) is 17.3 Å². The summed E-state index contributed by atoms with van der Waals surface area (Å²) in [5.41, 5.74) is 12.6. The Morgan fingerprint density at radius 2 is 1.85 bits per heavy atom. The molecule has 4 atom stereocenters. The minimum atomic E-state index is -0.210. The highest BCUT2D eigenvalue weighted by Gasteiger charge is 2.47. The molecule has 2 saturated carbocycles. The quantitative estimate of drug-likeness (QED) is 0.274. The number of amides is 3. The van der Waals surface area contributed by atoms with Crippen LogP contribution in [-0.4, -0.2) is 79.0 Å². The maximum Gasteiger partial charge on any atom is 0.317 e. The molecule has 3 saturated heterocycles. The van der Waals surface area contributed by atoms with Crippen LogP contribution in [0.25, 0.3) is 28.1 Å². The molecule has 2 aliphatic carbocycles. The van der Waals surface area contributed by atoms with E-state index in [0.29, 0.717) is 23.3 Å². The van der Waals surface area contributed by atoms with E-state index in [1.54, 1.807) is 7.11 Å². The highest BCUT2D eigenvalue weighted by atomic mass is 16.5. The Labute approximate surface area is 274 Å². The zero-order valence-electron chi connectivity index (χ0n) is 27.3. The number of nitrogens with two attached hydrogens (primary N) is 1. The van der Waals surface area contributed by atoms with Crippen LogP contribution >= 0.6 is 0 Å². The first kappa shape index (κ1) is 29.1. The number of carbonyl (C=O) groups excluding carboxylic acids is 2. The molecule has 5 aliphatic rings. The van der Waals surface area contributed by atoms with Crippen LogP contribution in [-0.2, 0) is 6.54 Å². The number of methoxy groups -OCH3 is 1. The number of fused-ring (bicyclic) bond motifs is 4. The number of urea groups is 1. The monoisotopic (exact) mass is 636 g/mol. The van der Waals surface area contributed by atoms with Gasteiger partial charge in [-0.15, -0.1) is 0 Å². The van der Waals surface area contributed by atoms with Gasteiger partial charge in [0.2, 0.25) is 0 Å². The molecule has 2 bridgehead atoms. The predicted octanol–water partition coefficient (Wildman–Crippen LogP) is 5.22. The van der Waals surface area contributed by atoms with Crippen LogP contribution in [0.2, 0.25) is 0 Å². The molecule has 7 heterocycles. The van der Waals surface area contributed by atoms with Gasteiger partial charge in [0.15, 0.2) is 5.88 Å². The molecule has 3 amide bonds. The Morgan fingerprint density at radius 1 is 1.04 bits per heavy atom. The number of nitrogens with zero attached hydrogens (tertiary/aromatic N) is 6.